The van der Waals surface area contributed by atoms with E-state index in [1.807, 2.05) is 0 Å². The maximum absolute atomic E-state index is 12.8. The van der Waals surface area contributed by atoms with E-state index in [4.69, 9.17) is 30.5 Å². The fraction of sp³-hybridized carbons (Fsp3) is 0.222. The molecule has 0 bridgehead atoms. The lowest BCUT2D eigenvalue weighted by atomic mass is 10.1. The van der Waals surface area contributed by atoms with Gasteiger partial charge in [-0.05, 0) is 60.5 Å². The summed E-state index contributed by atoms with van der Waals surface area (Å²) in [5.41, 5.74) is 1.70. The minimum atomic E-state index is -4.39. The second kappa shape index (κ2) is 9.89. The number of nitrogens with zero attached hydrogens (tertiary/aromatic N) is 1. The maximum atomic E-state index is 12.8. The Morgan fingerprint density at radius 1 is 1.03 bits per heavy atom. The lowest BCUT2D eigenvalue weighted by Gasteiger charge is -2.13. The van der Waals surface area contributed by atoms with E-state index < -0.39 is 17.7 Å². The molecule has 1 aliphatic heterocycles. The van der Waals surface area contributed by atoms with Crippen LogP contribution in [0.2, 0.25) is 5.02 Å². The van der Waals surface area contributed by atoms with Crippen LogP contribution in [0.5, 0.6) is 17.2 Å². The summed E-state index contributed by atoms with van der Waals surface area (Å²) in [6.45, 7) is 2.42. The number of benzene rings is 3. The van der Waals surface area contributed by atoms with E-state index in [2.05, 4.69) is 0 Å². The Morgan fingerprint density at radius 2 is 1.76 bits per heavy atom. The van der Waals surface area contributed by atoms with Crippen LogP contribution >= 0.6 is 11.6 Å². The highest BCUT2D eigenvalue weighted by Gasteiger charge is 2.30. The zero-order valence-corrected chi connectivity index (χ0v) is 20.4. The Labute approximate surface area is 215 Å². The molecule has 0 N–H and O–H groups in total. The van der Waals surface area contributed by atoms with Gasteiger partial charge in [-0.2, -0.15) is 13.2 Å². The van der Waals surface area contributed by atoms with Gasteiger partial charge in [0.05, 0.1) is 18.7 Å². The molecule has 0 spiro atoms. The van der Waals surface area contributed by atoms with Crippen LogP contribution < -0.4 is 14.2 Å². The molecule has 192 valence electrons. The monoisotopic (exact) mass is 531 g/mol. The number of carbonyl (C=O) groups excluding carboxylic acids is 1. The Hall–Kier alpha value is -3.85. The number of hydrogen-bond donors (Lipinski definition) is 0. The van der Waals surface area contributed by atoms with E-state index in [0.29, 0.717) is 33.5 Å². The molecule has 3 aromatic carbocycles. The normalized spacial score (nSPS) is 12.7. The quantitative estimate of drug-likeness (QED) is 0.244. The molecule has 0 aliphatic carbocycles. The molecule has 0 saturated carbocycles. The zero-order chi connectivity index (χ0) is 26.2. The first-order valence-corrected chi connectivity index (χ1v) is 11.8. The van der Waals surface area contributed by atoms with Crippen molar-refractivity contribution in [3.05, 3.63) is 88.1 Å². The highest BCUT2D eigenvalue weighted by Crippen LogP contribution is 2.38. The third-order valence-electron chi connectivity index (χ3n) is 5.91. The first-order chi connectivity index (χ1) is 17.7. The molecule has 2 heterocycles. The van der Waals surface area contributed by atoms with Crippen LogP contribution in [0, 0.1) is 0 Å². The third kappa shape index (κ3) is 5.17. The van der Waals surface area contributed by atoms with Gasteiger partial charge in [-0.1, -0.05) is 23.7 Å². The number of alkyl halides is 3. The molecule has 4 aromatic rings. The molecule has 0 fully saturated rings. The van der Waals surface area contributed by atoms with E-state index in [-0.39, 0.29) is 26.6 Å². The molecule has 37 heavy (non-hydrogen) atoms. The van der Waals surface area contributed by atoms with Crippen LogP contribution in [0.4, 0.5) is 13.2 Å². The summed E-state index contributed by atoms with van der Waals surface area (Å²) in [5.74, 6) is 1.16. The Morgan fingerprint density at radius 3 is 2.46 bits per heavy atom. The van der Waals surface area contributed by atoms with Gasteiger partial charge in [0.15, 0.2) is 11.5 Å². The number of aromatic nitrogens is 1. The molecule has 6 nitrogen and oxygen atoms in total. The number of esters is 1. The van der Waals surface area contributed by atoms with Crippen molar-refractivity contribution in [2.24, 2.45) is 0 Å². The highest BCUT2D eigenvalue weighted by molar-refractivity contribution is 6.31. The summed E-state index contributed by atoms with van der Waals surface area (Å²) < 4.78 is 62.1. The first kappa shape index (κ1) is 24.8. The molecule has 1 aromatic heterocycles. The van der Waals surface area contributed by atoms with E-state index in [9.17, 15) is 18.0 Å². The summed E-state index contributed by atoms with van der Waals surface area (Å²) in [4.78, 5) is 12.8. The molecule has 0 unspecified atom stereocenters. The van der Waals surface area contributed by atoms with Crippen molar-refractivity contribution in [2.75, 3.05) is 13.4 Å². The average molecular weight is 532 g/mol. The van der Waals surface area contributed by atoms with Crippen molar-refractivity contribution in [1.29, 1.82) is 0 Å². The predicted molar refractivity (Wildman–Crippen MR) is 130 cm³/mol. The van der Waals surface area contributed by atoms with Gasteiger partial charge >= 0.3 is 12.1 Å². The Bertz CT molecular complexity index is 1460. The van der Waals surface area contributed by atoms with Crippen LogP contribution in [-0.2, 0) is 24.1 Å². The SMILES string of the molecule is CCOC(=O)c1cc2cc(OCc3ccc(C(F)(F)F)cc3)ccc2n1Cc1cc2c(cc1Cl)OCO2. The minimum absolute atomic E-state index is 0.0852. The highest BCUT2D eigenvalue weighted by atomic mass is 35.5. The van der Waals surface area contributed by atoms with E-state index in [1.54, 1.807) is 47.9 Å². The van der Waals surface area contributed by atoms with E-state index in [1.165, 1.54) is 12.1 Å². The van der Waals surface area contributed by atoms with Crippen LogP contribution in [0.15, 0.2) is 60.7 Å². The fourth-order valence-corrected chi connectivity index (χ4v) is 4.30. The molecule has 0 saturated heterocycles. The van der Waals surface area contributed by atoms with Crippen LogP contribution in [0.1, 0.15) is 34.1 Å². The average Bonchev–Trinajstić information content (AvgIpc) is 3.46. The topological polar surface area (TPSA) is 58.9 Å². The van der Waals surface area contributed by atoms with E-state index in [0.717, 1.165) is 28.6 Å². The molecule has 5 rings (SSSR count). The Kier molecular flexibility index (Phi) is 6.64. The van der Waals surface area contributed by atoms with Crippen LogP contribution in [0.25, 0.3) is 10.9 Å². The predicted octanol–water partition coefficient (Wildman–Crippen LogP) is 6.85. The number of ether oxygens (including phenoxy) is 4. The summed E-state index contributed by atoms with van der Waals surface area (Å²) in [6.07, 6.45) is -4.39. The molecular formula is C27H21ClF3NO5. The van der Waals surface area contributed by atoms with Crippen LogP contribution in [0.3, 0.4) is 0 Å². The van der Waals surface area contributed by atoms with Gasteiger partial charge in [0.25, 0.3) is 0 Å². The van der Waals surface area contributed by atoms with Gasteiger partial charge in [0.1, 0.15) is 18.1 Å². The standard InChI is InChI=1S/C27H21ClF3NO5/c1-2-34-26(33)23-10-17-9-20(35-14-16-3-5-19(6-4-16)27(29,30)31)7-8-22(17)32(23)13-18-11-24-25(12-21(18)28)37-15-36-24/h3-12H,2,13-15H2,1H3. The van der Waals surface area contributed by atoms with E-state index >= 15 is 0 Å². The first-order valence-electron chi connectivity index (χ1n) is 11.4. The maximum Gasteiger partial charge on any atom is 0.416 e. The third-order valence-corrected chi connectivity index (χ3v) is 6.27. The summed E-state index contributed by atoms with van der Waals surface area (Å²) >= 11 is 6.48. The van der Waals surface area contributed by atoms with Gasteiger partial charge < -0.3 is 23.5 Å². The largest absolute Gasteiger partial charge is 0.489 e. The second-order valence-electron chi connectivity index (χ2n) is 8.34. The second-order valence-corrected chi connectivity index (χ2v) is 8.74. The molecule has 0 amide bonds. The zero-order valence-electron chi connectivity index (χ0n) is 19.6. The summed E-state index contributed by atoms with van der Waals surface area (Å²) in [7, 11) is 0. The number of halogens is 4. The molecular weight excluding hydrogens is 511 g/mol. The van der Waals surface area contributed by atoms with Crippen molar-refractivity contribution in [2.45, 2.75) is 26.3 Å². The van der Waals surface area contributed by atoms with Crippen molar-refractivity contribution in [1.82, 2.24) is 4.57 Å². The summed E-state index contributed by atoms with van der Waals surface area (Å²) in [5, 5.41) is 1.20. The number of rotatable bonds is 7. The van der Waals surface area contributed by atoms with Gasteiger partial charge in [-0.3, -0.25) is 0 Å². The van der Waals surface area contributed by atoms with Gasteiger partial charge in [0.2, 0.25) is 6.79 Å². The van der Waals surface area contributed by atoms with Crippen molar-refractivity contribution in [3.8, 4) is 17.2 Å². The molecule has 10 heteroatoms. The fourth-order valence-electron chi connectivity index (χ4n) is 4.09. The van der Waals surface area contributed by atoms with Gasteiger partial charge in [0, 0.05) is 22.0 Å². The van der Waals surface area contributed by atoms with Gasteiger partial charge in [-0.25, -0.2) is 4.79 Å². The lowest BCUT2D eigenvalue weighted by molar-refractivity contribution is -0.137. The smallest absolute Gasteiger partial charge is 0.416 e. The number of carbonyl (C=O) groups is 1. The van der Waals surface area contributed by atoms with Crippen molar-refractivity contribution in [3.63, 3.8) is 0 Å². The number of fused-ring (bicyclic) bond motifs is 2. The van der Waals surface area contributed by atoms with Gasteiger partial charge in [-0.15, -0.1) is 0 Å². The number of hydrogen-bond acceptors (Lipinski definition) is 5. The molecule has 0 atom stereocenters. The van der Waals surface area contributed by atoms with Crippen molar-refractivity contribution >= 4 is 28.5 Å². The summed E-state index contributed by atoms with van der Waals surface area (Å²) in [6, 6.07) is 15.3. The van der Waals surface area contributed by atoms with Crippen LogP contribution in [-0.4, -0.2) is 23.9 Å². The molecule has 1 aliphatic rings. The van der Waals surface area contributed by atoms with Crippen molar-refractivity contribution < 1.29 is 36.9 Å². The molecule has 0 radical (unpaired) electrons. The Balaban J connectivity index is 1.42. The lowest BCUT2D eigenvalue weighted by Crippen LogP contribution is -2.13. The minimum Gasteiger partial charge on any atom is -0.489 e.